The zero-order valence-electron chi connectivity index (χ0n) is 19.3. The Morgan fingerprint density at radius 1 is 1.09 bits per heavy atom. The lowest BCUT2D eigenvalue weighted by molar-refractivity contribution is -0.131. The zero-order chi connectivity index (χ0) is 23.5. The van der Waals surface area contributed by atoms with Gasteiger partial charge in [0, 0.05) is 18.0 Å². The highest BCUT2D eigenvalue weighted by atomic mass is 16.5. The molecule has 0 aromatic heterocycles. The molecule has 4 rings (SSSR count). The van der Waals surface area contributed by atoms with Crippen molar-refractivity contribution >= 4 is 5.91 Å². The Morgan fingerprint density at radius 2 is 1.85 bits per heavy atom. The fraction of sp³-hybridized carbons (Fsp3) is 0.480. The molecule has 1 amide bonds. The van der Waals surface area contributed by atoms with Crippen molar-refractivity contribution in [2.45, 2.75) is 38.4 Å². The molecule has 0 saturated carbocycles. The minimum absolute atomic E-state index is 0.0827. The molecule has 0 aliphatic carbocycles. The molecule has 0 bridgehead atoms. The van der Waals surface area contributed by atoms with E-state index in [0.29, 0.717) is 24.0 Å². The number of hydrazine groups is 1. The van der Waals surface area contributed by atoms with Crippen molar-refractivity contribution in [3.05, 3.63) is 53.6 Å². The van der Waals surface area contributed by atoms with Crippen LogP contribution in [-0.2, 0) is 4.79 Å². The minimum atomic E-state index is -0.473. The van der Waals surface area contributed by atoms with Crippen LogP contribution in [0.25, 0.3) is 0 Å². The maximum atomic E-state index is 13.2. The van der Waals surface area contributed by atoms with E-state index in [1.165, 1.54) is 0 Å². The number of methoxy groups -OCH3 is 1. The predicted molar refractivity (Wildman–Crippen MR) is 124 cm³/mol. The van der Waals surface area contributed by atoms with E-state index in [4.69, 9.17) is 9.47 Å². The van der Waals surface area contributed by atoms with Crippen LogP contribution in [0, 0.1) is 11.8 Å². The Bertz CT molecular complexity index is 982. The molecule has 2 saturated heterocycles. The third kappa shape index (κ3) is 4.51. The number of para-hydroxylation sites is 1. The first-order chi connectivity index (χ1) is 16.0. The predicted octanol–water partition coefficient (Wildman–Crippen LogP) is 2.54. The summed E-state index contributed by atoms with van der Waals surface area (Å²) in [6.45, 7) is 4.99. The summed E-state index contributed by atoms with van der Waals surface area (Å²) in [5.41, 5.74) is 7.95. The molecule has 4 unspecified atom stereocenters. The number of aliphatic hydroxyl groups is 1. The van der Waals surface area contributed by atoms with Gasteiger partial charge in [0.2, 0.25) is 5.91 Å². The number of likely N-dealkylation sites (tertiary alicyclic amines) is 1. The molecule has 8 nitrogen and oxygen atoms in total. The van der Waals surface area contributed by atoms with Crippen LogP contribution >= 0.6 is 0 Å². The van der Waals surface area contributed by atoms with Gasteiger partial charge in [-0.05, 0) is 36.1 Å². The molecule has 0 radical (unpaired) electrons. The second kappa shape index (κ2) is 9.99. The number of phenolic OH excluding ortho intramolecular Hbond substituents is 1. The number of nitrogens with one attached hydrogen (secondary N) is 2. The number of β-amino-alcohol motifs (C(OH)–C–C–N with tert-alkyl or cyclic N) is 1. The number of amides is 1. The zero-order valence-corrected chi connectivity index (χ0v) is 19.3. The molecule has 178 valence electrons. The average Bonchev–Trinajstić information content (AvgIpc) is 3.34. The Hall–Kier alpha value is -2.81. The molecule has 8 heteroatoms. The lowest BCUT2D eigenvalue weighted by atomic mass is 9.83. The van der Waals surface area contributed by atoms with Crippen molar-refractivity contribution in [3.63, 3.8) is 0 Å². The second-order valence-electron chi connectivity index (χ2n) is 9.02. The number of hydrogen-bond acceptors (Lipinski definition) is 7. The number of nitrogens with zero attached hydrogens (tertiary/aromatic N) is 1. The highest BCUT2D eigenvalue weighted by molar-refractivity contribution is 5.86. The first-order valence-corrected chi connectivity index (χ1v) is 11.5. The number of fused-ring (bicyclic) bond motifs is 1. The summed E-state index contributed by atoms with van der Waals surface area (Å²) in [4.78, 5) is 15.0. The van der Waals surface area contributed by atoms with Crippen LogP contribution in [0.15, 0.2) is 42.5 Å². The minimum Gasteiger partial charge on any atom is -0.508 e. The van der Waals surface area contributed by atoms with Crippen molar-refractivity contribution in [2.75, 3.05) is 26.9 Å². The van der Waals surface area contributed by atoms with Gasteiger partial charge in [0.1, 0.15) is 11.8 Å². The smallest absolute Gasteiger partial charge is 0.242 e. The number of ether oxygens (including phenoxy) is 2. The summed E-state index contributed by atoms with van der Waals surface area (Å²) in [5.74, 6) is 1.70. The van der Waals surface area contributed by atoms with E-state index in [1.807, 2.05) is 30.3 Å². The quantitative estimate of drug-likeness (QED) is 0.461. The number of benzene rings is 2. The lowest BCUT2D eigenvalue weighted by Gasteiger charge is -2.31. The Kier molecular flexibility index (Phi) is 7.07. The van der Waals surface area contributed by atoms with E-state index in [1.54, 1.807) is 24.1 Å². The summed E-state index contributed by atoms with van der Waals surface area (Å²) >= 11 is 0. The van der Waals surface area contributed by atoms with Crippen LogP contribution in [0.4, 0.5) is 0 Å². The third-order valence-electron chi connectivity index (χ3n) is 6.51. The SMILES string of the molecule is COc1cc(C2C3C(NNC3c3ccccc3O)C(=O)N2CCO)ccc1OCCC(C)C. The molecule has 2 fully saturated rings. The average molecular weight is 456 g/mol. The number of carbonyl (C=O) groups is 1. The standard InChI is InChI=1S/C25H33N3O5/c1-15(2)10-13-33-19-9-8-16(14-20(19)32-3)24-21-22(17-6-4-5-7-18(17)30)26-27-23(21)25(31)28(24)11-12-29/h4-9,14-15,21-24,26-27,29-30H,10-13H2,1-3H3. The first kappa shape index (κ1) is 23.4. The molecular weight excluding hydrogens is 422 g/mol. The van der Waals surface area contributed by atoms with Crippen LogP contribution in [0.3, 0.4) is 0 Å². The summed E-state index contributed by atoms with van der Waals surface area (Å²) < 4.78 is 11.6. The maximum Gasteiger partial charge on any atom is 0.242 e. The molecule has 2 aliphatic heterocycles. The van der Waals surface area contributed by atoms with Crippen molar-refractivity contribution in [1.82, 2.24) is 15.8 Å². The van der Waals surface area contributed by atoms with Gasteiger partial charge in [0.15, 0.2) is 11.5 Å². The van der Waals surface area contributed by atoms with Gasteiger partial charge in [-0.3, -0.25) is 4.79 Å². The van der Waals surface area contributed by atoms with E-state index in [0.717, 1.165) is 17.5 Å². The Morgan fingerprint density at radius 3 is 2.55 bits per heavy atom. The highest BCUT2D eigenvalue weighted by Gasteiger charge is 2.55. The van der Waals surface area contributed by atoms with E-state index >= 15 is 0 Å². The van der Waals surface area contributed by atoms with Crippen LogP contribution in [0.5, 0.6) is 17.2 Å². The topological polar surface area (TPSA) is 103 Å². The third-order valence-corrected chi connectivity index (χ3v) is 6.51. The largest absolute Gasteiger partial charge is 0.508 e. The van der Waals surface area contributed by atoms with Crippen molar-refractivity contribution in [1.29, 1.82) is 0 Å². The van der Waals surface area contributed by atoms with E-state index in [-0.39, 0.29) is 42.8 Å². The van der Waals surface area contributed by atoms with Crippen molar-refractivity contribution in [3.8, 4) is 17.2 Å². The summed E-state index contributed by atoms with van der Waals surface area (Å²) in [6.07, 6.45) is 0.940. The van der Waals surface area contributed by atoms with E-state index in [2.05, 4.69) is 24.7 Å². The highest BCUT2D eigenvalue weighted by Crippen LogP contribution is 2.49. The van der Waals surface area contributed by atoms with Crippen molar-refractivity contribution in [2.24, 2.45) is 11.8 Å². The van der Waals surface area contributed by atoms with E-state index in [9.17, 15) is 15.0 Å². The Balaban J connectivity index is 1.69. The maximum absolute atomic E-state index is 13.2. The van der Waals surface area contributed by atoms with Gasteiger partial charge in [0.05, 0.1) is 32.4 Å². The van der Waals surface area contributed by atoms with Crippen LogP contribution in [-0.4, -0.2) is 53.9 Å². The van der Waals surface area contributed by atoms with Gasteiger partial charge in [-0.2, -0.15) is 0 Å². The molecule has 33 heavy (non-hydrogen) atoms. The molecule has 2 aromatic carbocycles. The van der Waals surface area contributed by atoms with Crippen LogP contribution in [0.1, 0.15) is 43.5 Å². The van der Waals surface area contributed by atoms with Gasteiger partial charge in [-0.1, -0.05) is 38.1 Å². The van der Waals surface area contributed by atoms with Crippen molar-refractivity contribution < 1.29 is 24.5 Å². The molecule has 0 spiro atoms. The van der Waals surface area contributed by atoms with Gasteiger partial charge in [0.25, 0.3) is 0 Å². The molecule has 2 aromatic rings. The van der Waals surface area contributed by atoms with Crippen LogP contribution < -0.4 is 20.3 Å². The molecule has 2 aliphatic rings. The summed E-state index contributed by atoms with van der Waals surface area (Å²) in [6, 6.07) is 11.8. The number of aromatic hydroxyl groups is 1. The fourth-order valence-electron chi connectivity index (χ4n) is 4.87. The molecule has 4 N–H and O–H groups in total. The monoisotopic (exact) mass is 455 g/mol. The number of hydrogen-bond donors (Lipinski definition) is 4. The lowest BCUT2D eigenvalue weighted by Crippen LogP contribution is -2.42. The number of phenols is 1. The van der Waals surface area contributed by atoms with Gasteiger partial charge >= 0.3 is 0 Å². The van der Waals surface area contributed by atoms with Crippen LogP contribution in [0.2, 0.25) is 0 Å². The number of aliphatic hydroxyl groups excluding tert-OH is 1. The summed E-state index contributed by atoms with van der Waals surface area (Å²) in [5, 5.41) is 20.2. The number of carbonyl (C=O) groups excluding carboxylic acids is 1. The van der Waals surface area contributed by atoms with Gasteiger partial charge in [-0.15, -0.1) is 0 Å². The van der Waals surface area contributed by atoms with Gasteiger partial charge < -0.3 is 24.6 Å². The summed E-state index contributed by atoms with van der Waals surface area (Å²) in [7, 11) is 1.60. The molecule has 2 heterocycles. The number of rotatable bonds is 9. The van der Waals surface area contributed by atoms with E-state index < -0.39 is 6.04 Å². The molecular formula is C25H33N3O5. The molecule has 4 atom stereocenters. The second-order valence-corrected chi connectivity index (χ2v) is 9.02. The first-order valence-electron chi connectivity index (χ1n) is 11.5. The van der Waals surface area contributed by atoms with Gasteiger partial charge in [-0.25, -0.2) is 10.9 Å². The normalized spacial score (nSPS) is 24.4. The Labute approximate surface area is 194 Å². The fourth-order valence-corrected chi connectivity index (χ4v) is 4.87.